The first-order valence-electron chi connectivity index (χ1n) is 19.7. The maximum absolute atomic E-state index is 13.8. The maximum Gasteiger partial charge on any atom is 0.228 e. The Hall–Kier alpha value is -5.83. The zero-order valence-corrected chi connectivity index (χ0v) is 36.1. The molecule has 0 saturated heterocycles. The highest BCUT2D eigenvalue weighted by atomic mass is 35.5. The molecular formula is C40H43ClF2N16S2. The number of nitrogens with two attached hydrogens (primary N) is 3. The third-order valence-electron chi connectivity index (χ3n) is 10.2. The van der Waals surface area contributed by atoms with Gasteiger partial charge in [-0.05, 0) is 67.7 Å². The minimum absolute atomic E-state index is 0.167. The van der Waals surface area contributed by atoms with Gasteiger partial charge < -0.3 is 22.5 Å². The first kappa shape index (κ1) is 41.9. The molecule has 21 heteroatoms. The molecule has 2 aliphatic rings. The summed E-state index contributed by atoms with van der Waals surface area (Å²) < 4.78 is 30.2. The number of rotatable bonds is 6. The summed E-state index contributed by atoms with van der Waals surface area (Å²) in [7, 11) is 0. The van der Waals surface area contributed by atoms with Crippen LogP contribution in [-0.4, -0.2) is 71.2 Å². The van der Waals surface area contributed by atoms with Crippen molar-refractivity contribution < 1.29 is 8.78 Å². The van der Waals surface area contributed by atoms with Gasteiger partial charge in [0.05, 0.1) is 36.2 Å². The molecule has 0 unspecified atom stereocenters. The summed E-state index contributed by atoms with van der Waals surface area (Å²) in [6.45, 7) is 8.26. The van der Waals surface area contributed by atoms with E-state index in [9.17, 15) is 8.78 Å². The van der Waals surface area contributed by atoms with Gasteiger partial charge >= 0.3 is 0 Å². The Morgan fingerprint density at radius 3 is 1.79 bits per heavy atom. The third-order valence-corrected chi connectivity index (χ3v) is 12.3. The average Bonchev–Trinajstić information content (AvgIpc) is 4.02. The van der Waals surface area contributed by atoms with Gasteiger partial charge in [-0.3, -0.25) is 9.97 Å². The zero-order valence-electron chi connectivity index (χ0n) is 33.7. The second kappa shape index (κ2) is 17.6. The average molecular weight is 885 g/mol. The number of nitrogens with one attached hydrogen (secondary N) is 1. The molecule has 0 fully saturated rings. The summed E-state index contributed by atoms with van der Waals surface area (Å²) in [6.07, 6.45) is 14.5. The summed E-state index contributed by atoms with van der Waals surface area (Å²) in [6, 6.07) is 3.20. The van der Waals surface area contributed by atoms with E-state index in [0.717, 1.165) is 61.5 Å². The number of anilines is 3. The van der Waals surface area contributed by atoms with Crippen molar-refractivity contribution in [2.45, 2.75) is 90.1 Å². The minimum atomic E-state index is -0.445. The first-order valence-corrected chi connectivity index (χ1v) is 21.7. The van der Waals surface area contributed by atoms with Crippen molar-refractivity contribution in [3.63, 3.8) is 0 Å². The highest BCUT2D eigenvalue weighted by Gasteiger charge is 2.25. The van der Waals surface area contributed by atoms with E-state index in [1.807, 2.05) is 20.0 Å². The van der Waals surface area contributed by atoms with Crippen LogP contribution in [0.1, 0.15) is 84.6 Å². The van der Waals surface area contributed by atoms with Crippen molar-refractivity contribution in [3.05, 3.63) is 98.5 Å². The molecule has 0 radical (unpaired) electrons. The van der Waals surface area contributed by atoms with Crippen molar-refractivity contribution in [2.24, 2.45) is 5.73 Å². The highest BCUT2D eigenvalue weighted by molar-refractivity contribution is 7.15. The quantitative estimate of drug-likeness (QED) is 0.131. The van der Waals surface area contributed by atoms with Crippen LogP contribution >= 0.6 is 34.3 Å². The molecule has 10 rings (SSSR count). The molecule has 8 heterocycles. The van der Waals surface area contributed by atoms with Crippen molar-refractivity contribution >= 4 is 61.8 Å². The fourth-order valence-corrected chi connectivity index (χ4v) is 9.25. The molecular weight excluding hydrogens is 842 g/mol. The van der Waals surface area contributed by atoms with Crippen molar-refractivity contribution in [3.8, 4) is 22.8 Å². The van der Waals surface area contributed by atoms with Crippen LogP contribution in [0.2, 0.25) is 5.28 Å². The van der Waals surface area contributed by atoms with E-state index in [0.29, 0.717) is 56.3 Å². The van der Waals surface area contributed by atoms with Crippen LogP contribution in [0, 0.1) is 11.6 Å². The van der Waals surface area contributed by atoms with Crippen molar-refractivity contribution in [2.75, 3.05) is 16.8 Å². The third kappa shape index (κ3) is 9.26. The number of hydrogen-bond donors (Lipinski definition) is 4. The van der Waals surface area contributed by atoms with Gasteiger partial charge in [-0.15, -0.1) is 22.7 Å². The molecule has 16 nitrogen and oxygen atoms in total. The molecule has 0 spiro atoms. The number of aryl methyl sites for hydroxylation is 2. The van der Waals surface area contributed by atoms with Gasteiger partial charge in [0.15, 0.2) is 33.2 Å². The number of aromatic nitrogens is 12. The lowest BCUT2D eigenvalue weighted by Crippen LogP contribution is -2.28. The van der Waals surface area contributed by atoms with Crippen LogP contribution in [0.15, 0.2) is 49.3 Å². The first-order chi connectivity index (χ1) is 29.3. The largest absolute Gasteiger partial charge is 0.375 e. The van der Waals surface area contributed by atoms with Gasteiger partial charge in [0.1, 0.15) is 11.6 Å². The van der Waals surface area contributed by atoms with Crippen molar-refractivity contribution in [1.29, 1.82) is 0 Å². The predicted molar refractivity (Wildman–Crippen MR) is 234 cm³/mol. The topological polar surface area (TPSA) is 228 Å². The fraction of sp³-hybridized carbons (Fsp3) is 0.350. The Balaban J connectivity index is 0.000000142. The number of pyridine rings is 2. The van der Waals surface area contributed by atoms with E-state index in [4.69, 9.17) is 28.8 Å². The molecule has 316 valence electrons. The molecule has 0 aliphatic heterocycles. The lowest BCUT2D eigenvalue weighted by molar-refractivity contribution is 0.576. The van der Waals surface area contributed by atoms with Gasteiger partial charge in [0, 0.05) is 62.9 Å². The maximum atomic E-state index is 13.8. The number of nitrogens with zero attached hydrogens (tertiary/aromatic N) is 12. The van der Waals surface area contributed by atoms with E-state index in [1.54, 1.807) is 28.2 Å². The van der Waals surface area contributed by atoms with Gasteiger partial charge in [-0.2, -0.15) is 29.2 Å². The van der Waals surface area contributed by atoms with Crippen LogP contribution in [0.25, 0.3) is 34.1 Å². The molecule has 8 aromatic heterocycles. The van der Waals surface area contributed by atoms with Gasteiger partial charge in [-0.25, -0.2) is 28.7 Å². The lowest BCUT2D eigenvalue weighted by Gasteiger charge is -2.23. The zero-order chi connectivity index (χ0) is 42.9. The Morgan fingerprint density at radius 2 is 1.21 bits per heavy atom. The van der Waals surface area contributed by atoms with Crippen LogP contribution < -0.4 is 22.5 Å². The minimum Gasteiger partial charge on any atom is -0.375 e. The van der Waals surface area contributed by atoms with Crippen LogP contribution in [0.3, 0.4) is 0 Å². The molecule has 7 N–H and O–H groups in total. The molecule has 8 aromatic rings. The smallest absolute Gasteiger partial charge is 0.228 e. The summed E-state index contributed by atoms with van der Waals surface area (Å²) >= 11 is 9.23. The van der Waals surface area contributed by atoms with E-state index < -0.39 is 11.6 Å². The summed E-state index contributed by atoms with van der Waals surface area (Å²) in [5.74, 6) is 0.940. The molecule has 2 atom stereocenters. The van der Waals surface area contributed by atoms with Gasteiger partial charge in [0.2, 0.25) is 11.2 Å². The highest BCUT2D eigenvalue weighted by Crippen LogP contribution is 2.31. The number of nitrogen functional groups attached to an aromatic ring is 2. The predicted octanol–water partition coefficient (Wildman–Crippen LogP) is 7.10. The Morgan fingerprint density at radius 1 is 0.689 bits per heavy atom. The number of hydrogen-bond acceptors (Lipinski definition) is 16. The molecule has 2 aliphatic carbocycles. The van der Waals surface area contributed by atoms with Gasteiger partial charge in [0.25, 0.3) is 0 Å². The normalized spacial score (nSPS) is 15.9. The molecule has 61 heavy (non-hydrogen) atoms. The Labute approximate surface area is 362 Å². The van der Waals surface area contributed by atoms with E-state index in [2.05, 4.69) is 69.2 Å². The second-order valence-electron chi connectivity index (χ2n) is 15.4. The van der Waals surface area contributed by atoms with Gasteiger partial charge in [-0.1, -0.05) is 27.7 Å². The Bertz CT molecular complexity index is 2830. The van der Waals surface area contributed by atoms with Crippen molar-refractivity contribution in [1.82, 2.24) is 59.1 Å². The summed E-state index contributed by atoms with van der Waals surface area (Å²) in [4.78, 5) is 36.8. The summed E-state index contributed by atoms with van der Waals surface area (Å²) in [5, 5.41) is 13.7. The number of fused-ring (bicyclic) bond motifs is 4. The second-order valence-corrected chi connectivity index (χ2v) is 18.0. The number of halogens is 3. The number of thiazole rings is 2. The van der Waals surface area contributed by atoms with E-state index in [1.165, 1.54) is 55.8 Å². The fourth-order valence-electron chi connectivity index (χ4n) is 7.11. The van der Waals surface area contributed by atoms with Crippen LogP contribution in [-0.2, 0) is 25.7 Å². The SMILES string of the molecule is CC(C)c1cnn2c(Cl)nc(-c3cncc(F)c3)nc12.CC(C)c1cnn2c(N[C@@H]3CCc4nc(N)sc4C3)nc(-c3cncc(F)c3)nc12.Nc1nc2c(s1)C[C@H](N)CC2. The van der Waals surface area contributed by atoms with Crippen LogP contribution in [0.5, 0.6) is 0 Å². The lowest BCUT2D eigenvalue weighted by atomic mass is 9.98. The standard InChI is InChI=1S/C20H21FN8S.C13H11ClFN5.C7H11N3S/c1-10(2)14-9-24-29-18(14)27-17(11-5-12(21)8-23-7-11)28-20(29)25-13-3-4-15-16(6-13)30-19(22)26-15;1-7(2)10-6-17-20-12(10)18-11(19-13(20)14)8-3-9(15)5-16-4-8;8-4-1-2-5-6(3-4)11-7(9)10-5/h5,7-10,13H,3-4,6H2,1-2H3,(H2,22,26)(H,25,27,28);3-7H,1-2H3;4H,1-3,8H2,(H2,9,10)/t13-;;4-/m1.1/s1. The summed E-state index contributed by atoms with van der Waals surface area (Å²) in [5.41, 5.74) is 23.8. The monoisotopic (exact) mass is 884 g/mol. The Kier molecular flexibility index (Phi) is 12.1. The molecule has 0 aromatic carbocycles. The van der Waals surface area contributed by atoms with Crippen LogP contribution in [0.4, 0.5) is 25.0 Å². The van der Waals surface area contributed by atoms with E-state index >= 15 is 0 Å². The van der Waals surface area contributed by atoms with E-state index in [-0.39, 0.29) is 23.2 Å². The molecule has 0 amide bonds. The molecule has 0 saturated carbocycles. The molecule has 0 bridgehead atoms.